The molecule has 1 aromatic rings. The second kappa shape index (κ2) is 3.28. The molecule has 1 aliphatic carbocycles. The summed E-state index contributed by atoms with van der Waals surface area (Å²) in [6.45, 7) is 2.11. The van der Waals surface area contributed by atoms with E-state index in [1.54, 1.807) is 19.2 Å². The van der Waals surface area contributed by atoms with E-state index in [-0.39, 0.29) is 11.5 Å². The molecule has 0 spiro atoms. The van der Waals surface area contributed by atoms with Crippen molar-refractivity contribution in [3.8, 4) is 5.75 Å². The molecule has 2 nitrogen and oxygen atoms in total. The van der Waals surface area contributed by atoms with Crippen LogP contribution in [0.2, 0.25) is 0 Å². The minimum absolute atomic E-state index is 0.211. The smallest absolute Gasteiger partial charge is 0.115 e. The molecule has 0 saturated heterocycles. The Morgan fingerprint density at radius 1 is 1.29 bits per heavy atom. The molecule has 76 valence electrons. The molecule has 0 heterocycles. The average molecular weight is 192 g/mol. The quantitative estimate of drug-likeness (QED) is 0.797. The predicted molar refractivity (Wildman–Crippen MR) is 55.5 cm³/mol. The summed E-state index contributed by atoms with van der Waals surface area (Å²) in [6.07, 6.45) is 2.63. The van der Waals surface area contributed by atoms with E-state index in [1.165, 1.54) is 18.4 Å². The van der Waals surface area contributed by atoms with Gasteiger partial charge in [0.15, 0.2) is 0 Å². The topological polar surface area (TPSA) is 29.5 Å². The van der Waals surface area contributed by atoms with Crippen LogP contribution in [-0.4, -0.2) is 18.3 Å². The minimum Gasteiger partial charge on any atom is -0.508 e. The summed E-state index contributed by atoms with van der Waals surface area (Å²) >= 11 is 0. The first-order valence-corrected chi connectivity index (χ1v) is 5.01. The van der Waals surface area contributed by atoms with E-state index >= 15 is 0 Å². The highest BCUT2D eigenvalue weighted by Crippen LogP contribution is 2.51. The molecule has 1 aromatic carbocycles. The zero-order chi connectivity index (χ0) is 10.2. The number of ether oxygens (including phenoxy) is 1. The number of phenolic OH excluding ortho intramolecular Hbond substituents is 1. The van der Waals surface area contributed by atoms with Gasteiger partial charge in [0, 0.05) is 12.5 Å². The van der Waals surface area contributed by atoms with E-state index in [2.05, 4.69) is 6.92 Å². The van der Waals surface area contributed by atoms with Crippen molar-refractivity contribution >= 4 is 0 Å². The summed E-state index contributed by atoms with van der Waals surface area (Å²) in [7, 11) is 1.76. The lowest BCUT2D eigenvalue weighted by atomic mass is 9.91. The molecule has 1 unspecified atom stereocenters. The van der Waals surface area contributed by atoms with Gasteiger partial charge in [0.05, 0.1) is 6.10 Å². The molecule has 14 heavy (non-hydrogen) atoms. The largest absolute Gasteiger partial charge is 0.508 e. The van der Waals surface area contributed by atoms with E-state index in [9.17, 15) is 5.11 Å². The maximum Gasteiger partial charge on any atom is 0.115 e. The normalized spacial score (nSPS) is 20.4. The van der Waals surface area contributed by atoms with Gasteiger partial charge in [-0.15, -0.1) is 0 Å². The van der Waals surface area contributed by atoms with Gasteiger partial charge in [-0.2, -0.15) is 0 Å². The van der Waals surface area contributed by atoms with Crippen molar-refractivity contribution in [1.29, 1.82) is 0 Å². The van der Waals surface area contributed by atoms with Gasteiger partial charge in [-0.1, -0.05) is 12.1 Å². The first-order chi connectivity index (χ1) is 6.69. The zero-order valence-electron chi connectivity index (χ0n) is 8.66. The molecule has 1 atom stereocenters. The van der Waals surface area contributed by atoms with Crippen LogP contribution in [0.4, 0.5) is 0 Å². The summed E-state index contributed by atoms with van der Waals surface area (Å²) in [5.74, 6) is 0.328. The molecule has 0 amide bonds. The second-order valence-electron chi connectivity index (χ2n) is 4.08. The Balaban J connectivity index is 2.26. The molecule has 0 bridgehead atoms. The number of hydrogen-bond acceptors (Lipinski definition) is 2. The summed E-state index contributed by atoms with van der Waals surface area (Å²) in [5, 5.41) is 9.21. The SMILES string of the molecule is COC(C)C1(c2ccc(O)cc2)CC1. The highest BCUT2D eigenvalue weighted by atomic mass is 16.5. The number of phenols is 1. The van der Waals surface area contributed by atoms with Crippen molar-refractivity contribution in [2.75, 3.05) is 7.11 Å². The Morgan fingerprint density at radius 3 is 2.29 bits per heavy atom. The molecule has 0 aromatic heterocycles. The average Bonchev–Trinajstić information content (AvgIpc) is 2.99. The van der Waals surface area contributed by atoms with Crippen LogP contribution in [0.3, 0.4) is 0 Å². The molecule has 0 aliphatic heterocycles. The van der Waals surface area contributed by atoms with Crippen LogP contribution < -0.4 is 0 Å². The Kier molecular flexibility index (Phi) is 2.23. The third-order valence-corrected chi connectivity index (χ3v) is 3.36. The number of benzene rings is 1. The fourth-order valence-corrected chi connectivity index (χ4v) is 2.08. The predicted octanol–water partition coefficient (Wildman–Crippen LogP) is 2.46. The van der Waals surface area contributed by atoms with Gasteiger partial charge in [0.1, 0.15) is 5.75 Å². The van der Waals surface area contributed by atoms with Crippen LogP contribution in [0.15, 0.2) is 24.3 Å². The number of rotatable bonds is 3. The Hall–Kier alpha value is -1.02. The van der Waals surface area contributed by atoms with Crippen LogP contribution in [0.25, 0.3) is 0 Å². The van der Waals surface area contributed by atoms with Crippen LogP contribution >= 0.6 is 0 Å². The molecule has 1 saturated carbocycles. The van der Waals surface area contributed by atoms with Crippen LogP contribution in [0.1, 0.15) is 25.3 Å². The van der Waals surface area contributed by atoms with Gasteiger partial charge < -0.3 is 9.84 Å². The number of methoxy groups -OCH3 is 1. The van der Waals surface area contributed by atoms with Gasteiger partial charge in [-0.05, 0) is 37.5 Å². The Labute approximate surface area is 84.5 Å². The van der Waals surface area contributed by atoms with Gasteiger partial charge in [-0.25, -0.2) is 0 Å². The fourth-order valence-electron chi connectivity index (χ4n) is 2.08. The summed E-state index contributed by atoms with van der Waals surface area (Å²) in [5.41, 5.74) is 1.49. The highest BCUT2D eigenvalue weighted by Gasteiger charge is 2.49. The first-order valence-electron chi connectivity index (χ1n) is 5.01. The fraction of sp³-hybridized carbons (Fsp3) is 0.500. The molecule has 1 aliphatic rings. The van der Waals surface area contributed by atoms with Crippen molar-refractivity contribution in [1.82, 2.24) is 0 Å². The summed E-state index contributed by atoms with van der Waals surface area (Å²) in [6, 6.07) is 7.49. The summed E-state index contributed by atoms with van der Waals surface area (Å²) in [4.78, 5) is 0. The van der Waals surface area contributed by atoms with Gasteiger partial charge in [-0.3, -0.25) is 0 Å². The van der Waals surface area contributed by atoms with E-state index in [4.69, 9.17) is 4.74 Å². The maximum atomic E-state index is 9.21. The van der Waals surface area contributed by atoms with Crippen molar-refractivity contribution in [3.05, 3.63) is 29.8 Å². The highest BCUT2D eigenvalue weighted by molar-refractivity contribution is 5.36. The van der Waals surface area contributed by atoms with Crippen LogP contribution in [0, 0.1) is 0 Å². The van der Waals surface area contributed by atoms with E-state index in [0.717, 1.165) is 0 Å². The Bertz CT molecular complexity index is 312. The maximum absolute atomic E-state index is 9.21. The van der Waals surface area contributed by atoms with Gasteiger partial charge in [0.2, 0.25) is 0 Å². The molecule has 2 rings (SSSR count). The lowest BCUT2D eigenvalue weighted by Gasteiger charge is -2.22. The third-order valence-electron chi connectivity index (χ3n) is 3.36. The number of hydrogen-bond donors (Lipinski definition) is 1. The second-order valence-corrected chi connectivity index (χ2v) is 4.08. The van der Waals surface area contributed by atoms with Crippen LogP contribution in [0.5, 0.6) is 5.75 Å². The Morgan fingerprint density at radius 2 is 1.86 bits per heavy atom. The third kappa shape index (κ3) is 1.40. The molecule has 1 N–H and O–H groups in total. The molecular weight excluding hydrogens is 176 g/mol. The summed E-state index contributed by atoms with van der Waals surface area (Å²) < 4.78 is 5.40. The molecule has 1 fully saturated rings. The molecule has 2 heteroatoms. The lowest BCUT2D eigenvalue weighted by molar-refractivity contribution is 0.0850. The number of aromatic hydroxyl groups is 1. The van der Waals surface area contributed by atoms with E-state index in [0.29, 0.717) is 5.75 Å². The lowest BCUT2D eigenvalue weighted by Crippen LogP contribution is -2.24. The van der Waals surface area contributed by atoms with Crippen molar-refractivity contribution in [3.63, 3.8) is 0 Å². The zero-order valence-corrected chi connectivity index (χ0v) is 8.66. The standard InChI is InChI=1S/C12H16O2/c1-9(14-2)12(7-8-12)10-3-5-11(13)6-4-10/h3-6,9,13H,7-8H2,1-2H3. The minimum atomic E-state index is 0.211. The van der Waals surface area contributed by atoms with Gasteiger partial charge >= 0.3 is 0 Å². The van der Waals surface area contributed by atoms with E-state index < -0.39 is 0 Å². The molecule has 0 radical (unpaired) electrons. The monoisotopic (exact) mass is 192 g/mol. The van der Waals surface area contributed by atoms with Crippen LogP contribution in [-0.2, 0) is 10.2 Å². The molecular formula is C12H16O2. The van der Waals surface area contributed by atoms with Gasteiger partial charge in [0.25, 0.3) is 0 Å². The van der Waals surface area contributed by atoms with Crippen molar-refractivity contribution in [2.24, 2.45) is 0 Å². The van der Waals surface area contributed by atoms with E-state index in [1.807, 2.05) is 12.1 Å². The first kappa shape index (κ1) is 9.53. The van der Waals surface area contributed by atoms with Crippen molar-refractivity contribution in [2.45, 2.75) is 31.3 Å². The van der Waals surface area contributed by atoms with Crippen molar-refractivity contribution < 1.29 is 9.84 Å².